The van der Waals surface area contributed by atoms with E-state index in [2.05, 4.69) is 11.9 Å². The highest BCUT2D eigenvalue weighted by Gasteiger charge is 2.20. The Bertz CT molecular complexity index is 622. The number of hydrogen-bond acceptors (Lipinski definition) is 2. The zero-order valence-electron chi connectivity index (χ0n) is 13.2. The van der Waals surface area contributed by atoms with Crippen LogP contribution < -0.4 is 0 Å². The van der Waals surface area contributed by atoms with E-state index in [-0.39, 0.29) is 0 Å². The number of hydrogen-bond donors (Lipinski definition) is 0. The molecule has 0 saturated heterocycles. The maximum atomic E-state index is 5.94. The smallest absolute Gasteiger partial charge is 0.159 e. The van der Waals surface area contributed by atoms with Gasteiger partial charge in [-0.3, -0.25) is 0 Å². The molecule has 0 aliphatic heterocycles. The second-order valence-electron chi connectivity index (χ2n) is 6.28. The van der Waals surface area contributed by atoms with Crippen LogP contribution in [-0.2, 0) is 12.8 Å². The van der Waals surface area contributed by atoms with Crippen LogP contribution in [-0.4, -0.2) is 9.97 Å². The molecular formula is C19H23ClN2. The van der Waals surface area contributed by atoms with Crippen molar-refractivity contribution >= 4 is 11.6 Å². The van der Waals surface area contributed by atoms with E-state index >= 15 is 0 Å². The summed E-state index contributed by atoms with van der Waals surface area (Å²) in [7, 11) is 0. The topological polar surface area (TPSA) is 25.8 Å². The third kappa shape index (κ3) is 3.67. The largest absolute Gasteiger partial charge is 0.236 e. The summed E-state index contributed by atoms with van der Waals surface area (Å²) >= 11 is 5.94. The number of nitrogens with zero attached hydrogens (tertiary/aromatic N) is 2. The Morgan fingerprint density at radius 2 is 2.00 bits per heavy atom. The van der Waals surface area contributed by atoms with Crippen molar-refractivity contribution in [2.75, 3.05) is 0 Å². The predicted octanol–water partition coefficient (Wildman–Crippen LogP) is 5.48. The third-order valence-corrected chi connectivity index (χ3v) is 4.82. The highest BCUT2D eigenvalue weighted by Crippen LogP contribution is 2.29. The van der Waals surface area contributed by atoms with Crippen molar-refractivity contribution in [1.29, 1.82) is 0 Å². The van der Waals surface area contributed by atoms with Crippen molar-refractivity contribution in [3.05, 3.63) is 46.7 Å². The summed E-state index contributed by atoms with van der Waals surface area (Å²) in [5, 5.41) is 0.747. The number of rotatable bonds is 5. The molecule has 1 aliphatic rings. The molecule has 1 aromatic carbocycles. The normalized spacial score (nSPS) is 17.3. The molecule has 3 heteroatoms. The van der Waals surface area contributed by atoms with Crippen LogP contribution in [0.5, 0.6) is 0 Å². The number of aromatic nitrogens is 2. The standard InChI is InChI=1S/C19H23ClN2/c1-2-3-4-5-14-6-11-18-16(12-14)13-21-19(22-18)15-7-9-17(20)10-8-15/h7-10,13-14H,2-6,11-12H2,1H3. The van der Waals surface area contributed by atoms with Crippen LogP contribution in [0.1, 0.15) is 50.3 Å². The SMILES string of the molecule is CCCCCC1CCc2nc(-c3ccc(Cl)cc3)ncc2C1. The molecule has 2 aromatic rings. The highest BCUT2D eigenvalue weighted by atomic mass is 35.5. The second-order valence-corrected chi connectivity index (χ2v) is 6.71. The van der Waals surface area contributed by atoms with Gasteiger partial charge in [0.25, 0.3) is 0 Å². The van der Waals surface area contributed by atoms with Gasteiger partial charge in [-0.2, -0.15) is 0 Å². The molecule has 0 amide bonds. The van der Waals surface area contributed by atoms with Gasteiger partial charge in [-0.1, -0.05) is 44.2 Å². The summed E-state index contributed by atoms with van der Waals surface area (Å²) in [6.45, 7) is 2.27. The van der Waals surface area contributed by atoms with E-state index in [9.17, 15) is 0 Å². The molecule has 0 saturated carbocycles. The van der Waals surface area contributed by atoms with Gasteiger partial charge in [0.2, 0.25) is 0 Å². The molecule has 1 atom stereocenters. The fourth-order valence-electron chi connectivity index (χ4n) is 3.25. The average molecular weight is 315 g/mol. The summed E-state index contributed by atoms with van der Waals surface area (Å²) < 4.78 is 0. The van der Waals surface area contributed by atoms with E-state index in [4.69, 9.17) is 16.6 Å². The summed E-state index contributed by atoms with van der Waals surface area (Å²) in [5.41, 5.74) is 3.63. The fourth-order valence-corrected chi connectivity index (χ4v) is 3.38. The van der Waals surface area contributed by atoms with Crippen molar-refractivity contribution in [3.63, 3.8) is 0 Å². The molecule has 0 bridgehead atoms. The lowest BCUT2D eigenvalue weighted by Gasteiger charge is -2.23. The zero-order valence-corrected chi connectivity index (χ0v) is 13.9. The van der Waals surface area contributed by atoms with Gasteiger partial charge in [0, 0.05) is 22.5 Å². The Labute approximate surface area is 138 Å². The average Bonchev–Trinajstić information content (AvgIpc) is 2.55. The van der Waals surface area contributed by atoms with E-state index in [1.54, 1.807) is 0 Å². The molecule has 0 N–H and O–H groups in total. The summed E-state index contributed by atoms with van der Waals surface area (Å²) in [6, 6.07) is 7.76. The minimum atomic E-state index is 0.747. The number of fused-ring (bicyclic) bond motifs is 1. The minimum absolute atomic E-state index is 0.747. The van der Waals surface area contributed by atoms with Gasteiger partial charge in [0.05, 0.1) is 0 Å². The number of benzene rings is 1. The predicted molar refractivity (Wildman–Crippen MR) is 92.1 cm³/mol. The first-order chi connectivity index (χ1) is 10.8. The summed E-state index contributed by atoms with van der Waals surface area (Å²) in [4.78, 5) is 9.36. The first-order valence-corrected chi connectivity index (χ1v) is 8.74. The Balaban J connectivity index is 1.72. The second kappa shape index (κ2) is 7.23. The van der Waals surface area contributed by atoms with Gasteiger partial charge in [-0.25, -0.2) is 9.97 Å². The molecule has 0 spiro atoms. The van der Waals surface area contributed by atoms with Gasteiger partial charge in [0.1, 0.15) is 0 Å². The number of halogens is 1. The highest BCUT2D eigenvalue weighted by molar-refractivity contribution is 6.30. The van der Waals surface area contributed by atoms with Crippen molar-refractivity contribution in [2.24, 2.45) is 5.92 Å². The van der Waals surface area contributed by atoms with Gasteiger partial charge in [-0.15, -0.1) is 0 Å². The molecule has 1 aliphatic carbocycles. The van der Waals surface area contributed by atoms with Gasteiger partial charge in [0.15, 0.2) is 5.82 Å². The maximum absolute atomic E-state index is 5.94. The summed E-state index contributed by atoms with van der Waals surface area (Å²) in [6.07, 6.45) is 10.9. The first-order valence-electron chi connectivity index (χ1n) is 8.37. The Kier molecular flexibility index (Phi) is 5.09. The van der Waals surface area contributed by atoms with Crippen LogP contribution in [0.2, 0.25) is 5.02 Å². The monoisotopic (exact) mass is 314 g/mol. The van der Waals surface area contributed by atoms with Crippen molar-refractivity contribution < 1.29 is 0 Å². The molecule has 116 valence electrons. The summed E-state index contributed by atoms with van der Waals surface area (Å²) in [5.74, 6) is 1.64. The minimum Gasteiger partial charge on any atom is -0.236 e. The van der Waals surface area contributed by atoms with Crippen LogP contribution in [0.15, 0.2) is 30.5 Å². The third-order valence-electron chi connectivity index (χ3n) is 4.57. The first kappa shape index (κ1) is 15.5. The number of unbranched alkanes of at least 4 members (excludes halogenated alkanes) is 2. The van der Waals surface area contributed by atoms with E-state index in [0.717, 1.165) is 35.2 Å². The van der Waals surface area contributed by atoms with Crippen LogP contribution >= 0.6 is 11.6 Å². The Hall–Kier alpha value is -1.41. The van der Waals surface area contributed by atoms with Gasteiger partial charge in [-0.05, 0) is 55.0 Å². The van der Waals surface area contributed by atoms with Crippen molar-refractivity contribution in [1.82, 2.24) is 9.97 Å². The lowest BCUT2D eigenvalue weighted by molar-refractivity contribution is 0.404. The van der Waals surface area contributed by atoms with Crippen molar-refractivity contribution in [2.45, 2.75) is 51.9 Å². The van der Waals surface area contributed by atoms with Crippen LogP contribution in [0, 0.1) is 5.92 Å². The Morgan fingerprint density at radius 3 is 2.77 bits per heavy atom. The van der Waals surface area contributed by atoms with E-state index in [1.807, 2.05) is 30.5 Å². The molecule has 0 fully saturated rings. The van der Waals surface area contributed by atoms with Gasteiger partial charge >= 0.3 is 0 Å². The maximum Gasteiger partial charge on any atom is 0.159 e. The zero-order chi connectivity index (χ0) is 15.4. The lowest BCUT2D eigenvalue weighted by atomic mass is 9.84. The molecule has 22 heavy (non-hydrogen) atoms. The van der Waals surface area contributed by atoms with E-state index in [0.29, 0.717) is 0 Å². The van der Waals surface area contributed by atoms with Crippen molar-refractivity contribution in [3.8, 4) is 11.4 Å². The molecule has 2 nitrogen and oxygen atoms in total. The van der Waals surface area contributed by atoms with Crippen LogP contribution in [0.4, 0.5) is 0 Å². The molecular weight excluding hydrogens is 292 g/mol. The molecule has 1 unspecified atom stereocenters. The molecule has 3 rings (SSSR count). The van der Waals surface area contributed by atoms with Gasteiger partial charge < -0.3 is 0 Å². The lowest BCUT2D eigenvalue weighted by Crippen LogP contribution is -2.16. The number of aryl methyl sites for hydroxylation is 1. The van der Waals surface area contributed by atoms with Crippen LogP contribution in [0.3, 0.4) is 0 Å². The fraction of sp³-hybridized carbons (Fsp3) is 0.474. The van der Waals surface area contributed by atoms with E-state index < -0.39 is 0 Å². The molecule has 0 radical (unpaired) electrons. The molecule has 1 heterocycles. The quantitative estimate of drug-likeness (QED) is 0.683. The molecule has 1 aromatic heterocycles. The Morgan fingerprint density at radius 1 is 1.18 bits per heavy atom. The van der Waals surface area contributed by atoms with Crippen LogP contribution in [0.25, 0.3) is 11.4 Å². The van der Waals surface area contributed by atoms with E-state index in [1.165, 1.54) is 43.4 Å².